The van der Waals surface area contributed by atoms with Crippen molar-refractivity contribution in [3.05, 3.63) is 57.8 Å². The summed E-state index contributed by atoms with van der Waals surface area (Å²) in [5.74, 6) is -0.108. The van der Waals surface area contributed by atoms with Gasteiger partial charge in [-0.1, -0.05) is 30.3 Å². The number of nitrogens with one attached hydrogen (secondary N) is 1. The van der Waals surface area contributed by atoms with Crippen LogP contribution in [0.4, 0.5) is 0 Å². The van der Waals surface area contributed by atoms with E-state index in [1.807, 2.05) is 35.7 Å². The van der Waals surface area contributed by atoms with E-state index in [-0.39, 0.29) is 25.0 Å². The van der Waals surface area contributed by atoms with Gasteiger partial charge >= 0.3 is 0 Å². The first kappa shape index (κ1) is 16.2. The molecule has 2 heterocycles. The standard InChI is InChI=1S/C18H21NO3S/c1-18(21,16-7-4-10-23-16)12-19-17(20)11-15-14-6-3-2-5-13(14)8-9-22-15/h2-7,10,15,21H,8-9,11-12H2,1H3,(H,19,20). The van der Waals surface area contributed by atoms with Crippen LogP contribution in [0.1, 0.15) is 35.5 Å². The van der Waals surface area contributed by atoms with Crippen molar-refractivity contribution >= 4 is 17.2 Å². The van der Waals surface area contributed by atoms with E-state index in [0.717, 1.165) is 16.9 Å². The van der Waals surface area contributed by atoms with Crippen LogP contribution in [0.25, 0.3) is 0 Å². The Kier molecular flexibility index (Phi) is 4.80. The van der Waals surface area contributed by atoms with E-state index in [9.17, 15) is 9.90 Å². The summed E-state index contributed by atoms with van der Waals surface area (Å²) in [6.45, 7) is 2.55. The Bertz CT molecular complexity index is 667. The fourth-order valence-corrected chi connectivity index (χ4v) is 3.62. The molecule has 0 radical (unpaired) electrons. The van der Waals surface area contributed by atoms with Crippen molar-refractivity contribution in [3.8, 4) is 0 Å². The highest BCUT2D eigenvalue weighted by atomic mass is 32.1. The highest BCUT2D eigenvalue weighted by molar-refractivity contribution is 7.10. The number of carbonyl (C=O) groups excluding carboxylic acids is 1. The first-order chi connectivity index (χ1) is 11.1. The van der Waals surface area contributed by atoms with Gasteiger partial charge in [-0.15, -0.1) is 11.3 Å². The second-order valence-electron chi connectivity index (χ2n) is 6.04. The zero-order chi connectivity index (χ0) is 16.3. The van der Waals surface area contributed by atoms with E-state index in [2.05, 4.69) is 11.4 Å². The summed E-state index contributed by atoms with van der Waals surface area (Å²) in [7, 11) is 0. The van der Waals surface area contributed by atoms with Gasteiger partial charge in [0.15, 0.2) is 0 Å². The maximum Gasteiger partial charge on any atom is 0.223 e. The van der Waals surface area contributed by atoms with Crippen molar-refractivity contribution in [2.24, 2.45) is 0 Å². The Balaban J connectivity index is 1.58. The minimum Gasteiger partial charge on any atom is -0.383 e. The number of carbonyl (C=O) groups is 1. The number of hydrogen-bond acceptors (Lipinski definition) is 4. The van der Waals surface area contributed by atoms with Crippen LogP contribution in [0.2, 0.25) is 0 Å². The summed E-state index contributed by atoms with van der Waals surface area (Å²) >= 11 is 1.48. The van der Waals surface area contributed by atoms with Crippen LogP contribution >= 0.6 is 11.3 Å². The molecule has 3 rings (SSSR count). The van der Waals surface area contributed by atoms with Crippen LogP contribution in [0, 0.1) is 0 Å². The summed E-state index contributed by atoms with van der Waals surface area (Å²) in [5.41, 5.74) is 1.30. The Labute approximate surface area is 140 Å². The lowest BCUT2D eigenvalue weighted by atomic mass is 9.95. The Morgan fingerprint density at radius 1 is 1.39 bits per heavy atom. The van der Waals surface area contributed by atoms with Crippen molar-refractivity contribution < 1.29 is 14.6 Å². The highest BCUT2D eigenvalue weighted by Crippen LogP contribution is 2.29. The first-order valence-corrected chi connectivity index (χ1v) is 8.67. The van der Waals surface area contributed by atoms with Gasteiger partial charge in [0.05, 0.1) is 25.7 Å². The lowest BCUT2D eigenvalue weighted by Gasteiger charge is -2.27. The average molecular weight is 331 g/mol. The van der Waals surface area contributed by atoms with Gasteiger partial charge in [-0.2, -0.15) is 0 Å². The van der Waals surface area contributed by atoms with E-state index in [1.54, 1.807) is 6.92 Å². The highest BCUT2D eigenvalue weighted by Gasteiger charge is 2.27. The van der Waals surface area contributed by atoms with Crippen molar-refractivity contribution in [3.63, 3.8) is 0 Å². The fraction of sp³-hybridized carbons (Fsp3) is 0.389. The van der Waals surface area contributed by atoms with Crippen molar-refractivity contribution in [1.82, 2.24) is 5.32 Å². The van der Waals surface area contributed by atoms with E-state index in [4.69, 9.17) is 4.74 Å². The first-order valence-electron chi connectivity index (χ1n) is 7.79. The number of hydrogen-bond donors (Lipinski definition) is 2. The normalized spacial score (nSPS) is 19.7. The number of benzene rings is 1. The largest absolute Gasteiger partial charge is 0.383 e. The van der Waals surface area contributed by atoms with Crippen LogP contribution in [0.5, 0.6) is 0 Å². The van der Waals surface area contributed by atoms with Gasteiger partial charge in [-0.25, -0.2) is 0 Å². The molecular formula is C18H21NO3S. The molecule has 4 nitrogen and oxygen atoms in total. The predicted molar refractivity (Wildman–Crippen MR) is 90.4 cm³/mol. The number of amides is 1. The van der Waals surface area contributed by atoms with Gasteiger partial charge in [0.1, 0.15) is 5.60 Å². The molecule has 0 spiro atoms. The summed E-state index contributed by atoms with van der Waals surface area (Å²) in [6, 6.07) is 11.9. The van der Waals surface area contributed by atoms with Crippen molar-refractivity contribution in [2.75, 3.05) is 13.2 Å². The maximum atomic E-state index is 12.2. The quantitative estimate of drug-likeness (QED) is 0.886. The molecule has 2 aromatic rings. The van der Waals surface area contributed by atoms with Gasteiger partial charge in [-0.3, -0.25) is 4.79 Å². The van der Waals surface area contributed by atoms with Crippen LogP contribution in [-0.4, -0.2) is 24.2 Å². The topological polar surface area (TPSA) is 58.6 Å². The molecule has 1 amide bonds. The maximum absolute atomic E-state index is 12.2. The Hall–Kier alpha value is -1.69. The van der Waals surface area contributed by atoms with Gasteiger partial charge in [-0.05, 0) is 35.9 Å². The summed E-state index contributed by atoms with van der Waals surface area (Å²) in [6.07, 6.45) is 0.963. The number of ether oxygens (including phenoxy) is 1. The molecule has 5 heteroatoms. The minimum atomic E-state index is -1.05. The second-order valence-corrected chi connectivity index (χ2v) is 6.99. The number of aliphatic hydroxyl groups is 1. The molecule has 1 aromatic heterocycles. The number of thiophene rings is 1. The zero-order valence-corrected chi connectivity index (χ0v) is 13.9. The van der Waals surface area contributed by atoms with Crippen LogP contribution in [0.3, 0.4) is 0 Å². The molecular weight excluding hydrogens is 310 g/mol. The summed E-state index contributed by atoms with van der Waals surface area (Å²) in [5, 5.41) is 15.2. The second kappa shape index (κ2) is 6.83. The van der Waals surface area contributed by atoms with E-state index in [1.165, 1.54) is 16.9 Å². The smallest absolute Gasteiger partial charge is 0.223 e. The molecule has 1 aromatic carbocycles. The molecule has 0 aliphatic carbocycles. The molecule has 1 aliphatic heterocycles. The van der Waals surface area contributed by atoms with Gasteiger partial charge in [0.25, 0.3) is 0 Å². The molecule has 0 fully saturated rings. The van der Waals surface area contributed by atoms with Crippen LogP contribution in [-0.2, 0) is 21.6 Å². The lowest BCUT2D eigenvalue weighted by Crippen LogP contribution is -2.38. The number of fused-ring (bicyclic) bond motifs is 1. The molecule has 2 unspecified atom stereocenters. The third-order valence-electron chi connectivity index (χ3n) is 4.14. The molecule has 2 N–H and O–H groups in total. The zero-order valence-electron chi connectivity index (χ0n) is 13.1. The third kappa shape index (κ3) is 3.80. The molecule has 0 saturated carbocycles. The van der Waals surface area contributed by atoms with Crippen LogP contribution in [0.15, 0.2) is 41.8 Å². The number of rotatable bonds is 5. The van der Waals surface area contributed by atoms with Gasteiger partial charge in [0.2, 0.25) is 5.91 Å². The molecule has 122 valence electrons. The Morgan fingerprint density at radius 3 is 3.00 bits per heavy atom. The molecule has 0 saturated heterocycles. The lowest BCUT2D eigenvalue weighted by molar-refractivity contribution is -0.125. The summed E-state index contributed by atoms with van der Waals surface area (Å²) in [4.78, 5) is 13.1. The SMILES string of the molecule is CC(O)(CNC(=O)CC1OCCc2ccccc21)c1cccs1. The monoisotopic (exact) mass is 331 g/mol. The minimum absolute atomic E-state index is 0.108. The van der Waals surface area contributed by atoms with E-state index >= 15 is 0 Å². The average Bonchev–Trinajstić information content (AvgIpc) is 3.09. The molecule has 1 aliphatic rings. The molecule has 2 atom stereocenters. The predicted octanol–water partition coefficient (Wildman–Crippen LogP) is 2.78. The van der Waals surface area contributed by atoms with Crippen LogP contribution < -0.4 is 5.32 Å². The molecule has 23 heavy (non-hydrogen) atoms. The fourth-order valence-electron chi connectivity index (χ4n) is 2.83. The van der Waals surface area contributed by atoms with Crippen molar-refractivity contribution in [1.29, 1.82) is 0 Å². The van der Waals surface area contributed by atoms with Crippen molar-refractivity contribution in [2.45, 2.75) is 31.5 Å². The third-order valence-corrected chi connectivity index (χ3v) is 5.27. The Morgan fingerprint density at radius 2 is 2.22 bits per heavy atom. The molecule has 0 bridgehead atoms. The summed E-state index contributed by atoms with van der Waals surface area (Å²) < 4.78 is 5.76. The van der Waals surface area contributed by atoms with E-state index < -0.39 is 5.60 Å². The van der Waals surface area contributed by atoms with Gasteiger partial charge in [0, 0.05) is 4.88 Å². The van der Waals surface area contributed by atoms with Gasteiger partial charge < -0.3 is 15.2 Å². The van der Waals surface area contributed by atoms with E-state index in [0.29, 0.717) is 6.61 Å².